The molecular formula is C14H8BrClFN3O. The Morgan fingerprint density at radius 3 is 2.76 bits per heavy atom. The molecule has 0 unspecified atom stereocenters. The molecule has 1 aromatic heterocycles. The van der Waals surface area contributed by atoms with Gasteiger partial charge in [-0.15, -0.1) is 0 Å². The molecule has 0 bridgehead atoms. The third-order valence-corrected chi connectivity index (χ3v) is 3.77. The topological polar surface area (TPSA) is 64.9 Å². The number of nitrogen functional groups attached to an aromatic ring is 1. The van der Waals surface area contributed by atoms with E-state index in [1.54, 1.807) is 24.3 Å². The Hall–Kier alpha value is -1.92. The van der Waals surface area contributed by atoms with E-state index in [4.69, 9.17) is 21.9 Å². The predicted molar refractivity (Wildman–Crippen MR) is 82.3 cm³/mol. The molecule has 0 fully saturated rings. The fourth-order valence-corrected chi connectivity index (χ4v) is 2.42. The summed E-state index contributed by atoms with van der Waals surface area (Å²) in [6.45, 7) is 0. The van der Waals surface area contributed by atoms with Crippen molar-refractivity contribution >= 4 is 33.2 Å². The summed E-state index contributed by atoms with van der Waals surface area (Å²) in [6.07, 6.45) is 0. The number of hydrogen-bond donors (Lipinski definition) is 1. The number of aromatic nitrogens is 2. The second-order valence-corrected chi connectivity index (χ2v) is 5.57. The van der Waals surface area contributed by atoms with Crippen LogP contribution in [0.3, 0.4) is 0 Å². The fraction of sp³-hybridized carbons (Fsp3) is 0. The van der Waals surface area contributed by atoms with Crippen molar-refractivity contribution in [2.24, 2.45) is 0 Å². The molecule has 3 rings (SSSR count). The summed E-state index contributed by atoms with van der Waals surface area (Å²) in [5.74, 6) is 0.0960. The van der Waals surface area contributed by atoms with Crippen molar-refractivity contribution < 1.29 is 8.91 Å². The number of nitrogens with zero attached hydrogens (tertiary/aromatic N) is 2. The molecule has 0 saturated carbocycles. The number of hydrogen-bond acceptors (Lipinski definition) is 4. The van der Waals surface area contributed by atoms with Gasteiger partial charge in [-0.25, -0.2) is 4.39 Å². The summed E-state index contributed by atoms with van der Waals surface area (Å²) in [5.41, 5.74) is 7.36. The van der Waals surface area contributed by atoms with E-state index in [1.807, 2.05) is 0 Å². The molecule has 0 aliphatic carbocycles. The van der Waals surface area contributed by atoms with Crippen molar-refractivity contribution in [1.29, 1.82) is 0 Å². The van der Waals surface area contributed by atoms with E-state index in [2.05, 4.69) is 26.1 Å². The SMILES string of the molecule is Nc1ccc(Cl)cc1-c1nc(-c2cc(F)ccc2Br)no1. The largest absolute Gasteiger partial charge is 0.398 e. The zero-order valence-corrected chi connectivity index (χ0v) is 12.8. The van der Waals surface area contributed by atoms with Crippen LogP contribution in [0.15, 0.2) is 45.4 Å². The first-order valence-electron chi connectivity index (χ1n) is 5.89. The molecule has 0 atom stereocenters. The van der Waals surface area contributed by atoms with Gasteiger partial charge in [0.2, 0.25) is 5.82 Å². The third-order valence-electron chi connectivity index (χ3n) is 2.84. The van der Waals surface area contributed by atoms with Gasteiger partial charge in [0.15, 0.2) is 0 Å². The Morgan fingerprint density at radius 2 is 1.95 bits per heavy atom. The van der Waals surface area contributed by atoms with E-state index in [-0.39, 0.29) is 17.5 Å². The summed E-state index contributed by atoms with van der Waals surface area (Å²) in [5, 5.41) is 4.36. The summed E-state index contributed by atoms with van der Waals surface area (Å²) < 4.78 is 19.2. The third kappa shape index (κ3) is 2.77. The van der Waals surface area contributed by atoms with Crippen LogP contribution in [0.5, 0.6) is 0 Å². The Bertz CT molecular complexity index is 756. The minimum absolute atomic E-state index is 0.223. The van der Waals surface area contributed by atoms with Crippen molar-refractivity contribution in [3.8, 4) is 22.8 Å². The van der Waals surface area contributed by atoms with E-state index in [0.29, 0.717) is 26.3 Å². The van der Waals surface area contributed by atoms with Gasteiger partial charge in [-0.2, -0.15) is 4.98 Å². The molecule has 2 aromatic carbocycles. The molecule has 3 aromatic rings. The van der Waals surface area contributed by atoms with Gasteiger partial charge in [0.05, 0.1) is 5.56 Å². The van der Waals surface area contributed by atoms with Crippen LogP contribution in [-0.2, 0) is 0 Å². The first-order valence-corrected chi connectivity index (χ1v) is 7.06. The maximum atomic E-state index is 13.3. The highest BCUT2D eigenvalue weighted by molar-refractivity contribution is 9.10. The van der Waals surface area contributed by atoms with E-state index < -0.39 is 0 Å². The van der Waals surface area contributed by atoms with Crippen LogP contribution in [-0.4, -0.2) is 10.1 Å². The first kappa shape index (κ1) is 14.0. The highest BCUT2D eigenvalue weighted by atomic mass is 79.9. The lowest BCUT2D eigenvalue weighted by Gasteiger charge is -2.00. The summed E-state index contributed by atoms with van der Waals surface area (Å²) >= 11 is 9.26. The fourth-order valence-electron chi connectivity index (χ4n) is 1.82. The second-order valence-electron chi connectivity index (χ2n) is 4.28. The lowest BCUT2D eigenvalue weighted by molar-refractivity contribution is 0.432. The average Bonchev–Trinajstić information content (AvgIpc) is 2.93. The predicted octanol–water partition coefficient (Wildman–Crippen LogP) is 4.54. The molecule has 1 heterocycles. The maximum absolute atomic E-state index is 13.3. The minimum atomic E-state index is -0.387. The molecular weight excluding hydrogens is 361 g/mol. The van der Waals surface area contributed by atoms with Crippen LogP contribution in [0.25, 0.3) is 22.8 Å². The van der Waals surface area contributed by atoms with Gasteiger partial charge in [-0.1, -0.05) is 32.7 Å². The smallest absolute Gasteiger partial charge is 0.260 e. The molecule has 0 amide bonds. The quantitative estimate of drug-likeness (QED) is 0.674. The number of nitrogens with two attached hydrogens (primary N) is 1. The zero-order chi connectivity index (χ0) is 15.0. The van der Waals surface area contributed by atoms with Crippen molar-refractivity contribution in [3.63, 3.8) is 0 Å². The van der Waals surface area contributed by atoms with E-state index >= 15 is 0 Å². The highest BCUT2D eigenvalue weighted by Crippen LogP contribution is 2.31. The molecule has 106 valence electrons. The van der Waals surface area contributed by atoms with Gasteiger partial charge in [-0.05, 0) is 36.4 Å². The van der Waals surface area contributed by atoms with E-state index in [9.17, 15) is 4.39 Å². The van der Waals surface area contributed by atoms with Crippen molar-refractivity contribution in [1.82, 2.24) is 10.1 Å². The van der Waals surface area contributed by atoms with Crippen molar-refractivity contribution in [3.05, 3.63) is 51.7 Å². The average molecular weight is 369 g/mol. The molecule has 2 N–H and O–H groups in total. The Labute approximate surface area is 132 Å². The Kier molecular flexibility index (Phi) is 3.65. The molecule has 0 spiro atoms. The molecule has 21 heavy (non-hydrogen) atoms. The van der Waals surface area contributed by atoms with Gasteiger partial charge < -0.3 is 10.3 Å². The zero-order valence-electron chi connectivity index (χ0n) is 10.5. The molecule has 0 radical (unpaired) electrons. The van der Waals surface area contributed by atoms with Crippen molar-refractivity contribution in [2.75, 3.05) is 5.73 Å². The van der Waals surface area contributed by atoms with Gasteiger partial charge in [0.1, 0.15) is 5.82 Å². The van der Waals surface area contributed by atoms with Gasteiger partial charge >= 0.3 is 0 Å². The molecule has 0 aliphatic rings. The normalized spacial score (nSPS) is 10.8. The van der Waals surface area contributed by atoms with Crippen LogP contribution in [0.4, 0.5) is 10.1 Å². The molecule has 7 heteroatoms. The standard InChI is InChI=1S/C14H8BrClFN3O/c15-11-3-2-8(17)6-9(11)13-19-14(21-20-13)10-5-7(16)1-4-12(10)18/h1-6H,18H2. The number of halogens is 3. The summed E-state index contributed by atoms with van der Waals surface area (Å²) in [6, 6.07) is 9.19. The van der Waals surface area contributed by atoms with Crippen LogP contribution in [0.1, 0.15) is 0 Å². The highest BCUT2D eigenvalue weighted by Gasteiger charge is 2.15. The Morgan fingerprint density at radius 1 is 1.14 bits per heavy atom. The number of anilines is 1. The molecule has 0 aliphatic heterocycles. The van der Waals surface area contributed by atoms with Crippen LogP contribution < -0.4 is 5.73 Å². The van der Waals surface area contributed by atoms with Crippen LogP contribution in [0.2, 0.25) is 5.02 Å². The summed E-state index contributed by atoms with van der Waals surface area (Å²) in [7, 11) is 0. The van der Waals surface area contributed by atoms with Crippen molar-refractivity contribution in [2.45, 2.75) is 0 Å². The minimum Gasteiger partial charge on any atom is -0.398 e. The number of rotatable bonds is 2. The monoisotopic (exact) mass is 367 g/mol. The maximum Gasteiger partial charge on any atom is 0.260 e. The lowest BCUT2D eigenvalue weighted by atomic mass is 10.2. The molecule has 0 saturated heterocycles. The lowest BCUT2D eigenvalue weighted by Crippen LogP contribution is -1.90. The summed E-state index contributed by atoms with van der Waals surface area (Å²) in [4.78, 5) is 4.24. The van der Waals surface area contributed by atoms with Gasteiger partial charge in [0.25, 0.3) is 5.89 Å². The van der Waals surface area contributed by atoms with Gasteiger partial charge in [0, 0.05) is 20.7 Å². The first-order chi connectivity index (χ1) is 10.0. The van der Waals surface area contributed by atoms with E-state index in [1.165, 1.54) is 12.1 Å². The Balaban J connectivity index is 2.08. The number of benzene rings is 2. The van der Waals surface area contributed by atoms with Crippen LogP contribution >= 0.6 is 27.5 Å². The van der Waals surface area contributed by atoms with E-state index in [0.717, 1.165) is 0 Å². The van der Waals surface area contributed by atoms with Gasteiger partial charge in [-0.3, -0.25) is 0 Å². The molecule has 4 nitrogen and oxygen atoms in total. The second kappa shape index (κ2) is 5.46. The van der Waals surface area contributed by atoms with Crippen LogP contribution in [0, 0.1) is 5.82 Å².